The summed E-state index contributed by atoms with van der Waals surface area (Å²) in [6, 6.07) is 0. The van der Waals surface area contributed by atoms with Crippen LogP contribution >= 0.6 is 29.4 Å². The predicted octanol–water partition coefficient (Wildman–Crippen LogP) is 3.17. The molecule has 0 heterocycles. The van der Waals surface area contributed by atoms with Crippen molar-refractivity contribution in [2.45, 2.75) is 27.7 Å². The Morgan fingerprint density at radius 1 is 1.29 bits per heavy atom. The first kappa shape index (κ1) is 14.3. The average Bonchev–Trinajstić information content (AvgIpc) is 2.16. The Morgan fingerprint density at radius 2 is 1.64 bits per heavy atom. The van der Waals surface area contributed by atoms with Gasteiger partial charge in [-0.25, -0.2) is 0 Å². The van der Waals surface area contributed by atoms with Gasteiger partial charge in [-0.3, -0.25) is 0 Å². The second kappa shape index (κ2) is 4.87. The van der Waals surface area contributed by atoms with Gasteiger partial charge in [0.2, 0.25) is 0 Å². The van der Waals surface area contributed by atoms with Gasteiger partial charge >= 0.3 is 96.3 Å². The second-order valence-electron chi connectivity index (χ2n) is 3.52. The van der Waals surface area contributed by atoms with Crippen molar-refractivity contribution in [3.63, 3.8) is 0 Å². The quantitative estimate of drug-likeness (QED) is 0.618. The van der Waals surface area contributed by atoms with Crippen LogP contribution in [0.3, 0.4) is 0 Å². The fraction of sp³-hybridized carbons (Fsp3) is 0.778. The molecule has 5 heteroatoms. The molecule has 0 aromatic heterocycles. The summed E-state index contributed by atoms with van der Waals surface area (Å²) >= 11 is 12.0. The summed E-state index contributed by atoms with van der Waals surface area (Å²) in [5, 5.41) is 2.70. The third-order valence-electron chi connectivity index (χ3n) is 2.97. The summed E-state index contributed by atoms with van der Waals surface area (Å²) in [6.45, 7) is 7.61. The van der Waals surface area contributed by atoms with E-state index in [1.807, 2.05) is 20.8 Å². The van der Waals surface area contributed by atoms with Gasteiger partial charge in [0.05, 0.1) is 0 Å². The number of halogens is 1. The Labute approximate surface area is 96.5 Å². The van der Waals surface area contributed by atoms with E-state index in [2.05, 4.69) is 5.32 Å². The van der Waals surface area contributed by atoms with Crippen LogP contribution in [0.25, 0.3) is 0 Å². The number of hydrogen-bond acceptors (Lipinski definition) is 2. The number of hydrogen-bond donors (Lipinski definition) is 1. The minimum atomic E-state index is -2.49. The maximum absolute atomic E-state index is 11.0. The van der Waals surface area contributed by atoms with Gasteiger partial charge in [-0.15, -0.1) is 0 Å². The van der Waals surface area contributed by atoms with Gasteiger partial charge in [0.1, 0.15) is 0 Å². The van der Waals surface area contributed by atoms with Crippen molar-refractivity contribution in [3.05, 3.63) is 0 Å². The van der Waals surface area contributed by atoms with Gasteiger partial charge in [0, 0.05) is 0 Å². The Hall–Kier alpha value is 0.280. The molecule has 0 bridgehead atoms. The van der Waals surface area contributed by atoms with Gasteiger partial charge in [-0.2, -0.15) is 0 Å². The minimum absolute atomic E-state index is 0.125. The van der Waals surface area contributed by atoms with Crippen LogP contribution < -0.4 is 5.32 Å². The molecule has 0 radical (unpaired) electrons. The van der Waals surface area contributed by atoms with Gasteiger partial charge in [0.15, 0.2) is 0 Å². The summed E-state index contributed by atoms with van der Waals surface area (Å²) in [5.74, 6) is -2.61. The first-order valence-electron chi connectivity index (χ1n) is 4.87. The maximum atomic E-state index is 11.0. The first-order valence-corrected chi connectivity index (χ1v) is 8.98. The molecule has 0 aliphatic rings. The Balaban J connectivity index is 5.01. The van der Waals surface area contributed by atoms with E-state index in [0.717, 1.165) is 18.5 Å². The molecule has 14 heavy (non-hydrogen) atoms. The molecule has 2 nitrogen and oxygen atoms in total. The first-order chi connectivity index (χ1) is 6.32. The van der Waals surface area contributed by atoms with Crippen LogP contribution in [0.5, 0.6) is 0 Å². The zero-order chi connectivity index (χ0) is 11.4. The fourth-order valence-corrected chi connectivity index (χ4v) is 5.46. The Kier molecular flexibility index (Phi) is 4.97. The predicted molar refractivity (Wildman–Crippen MR) is 70.8 cm³/mol. The van der Waals surface area contributed by atoms with Gasteiger partial charge in [-0.1, -0.05) is 0 Å². The third kappa shape index (κ3) is 2.65. The van der Waals surface area contributed by atoms with E-state index < -0.39 is 5.96 Å². The summed E-state index contributed by atoms with van der Waals surface area (Å²) in [6.07, 6.45) is 2.54. The van der Waals surface area contributed by atoms with Crippen molar-refractivity contribution < 1.29 is 4.79 Å². The van der Waals surface area contributed by atoms with Crippen LogP contribution in [-0.4, -0.2) is 29.1 Å². The van der Waals surface area contributed by atoms with E-state index in [1.54, 1.807) is 0 Å². The number of thiocarbonyl (C=S) groups is 1. The molecule has 0 aliphatic carbocycles. The third-order valence-corrected chi connectivity index (χ3v) is 12.9. The number of carbonyl (C=O) groups excluding carboxylic acids is 1. The Morgan fingerprint density at radius 3 is 1.86 bits per heavy atom. The van der Waals surface area contributed by atoms with E-state index in [4.69, 9.17) is 23.5 Å². The van der Waals surface area contributed by atoms with Crippen LogP contribution in [0.4, 0.5) is 0 Å². The molecule has 0 unspecified atom stereocenters. The second-order valence-corrected chi connectivity index (χ2v) is 12.4. The number of amides is 1. The molecule has 0 fully saturated rings. The van der Waals surface area contributed by atoms with Crippen LogP contribution in [0.2, 0.25) is 0 Å². The fourth-order valence-electron chi connectivity index (χ4n) is 1.39. The zero-order valence-corrected chi connectivity index (χ0v) is 11.7. The SMILES string of the molecule is CCP(Cl)(CC)(CC)C(=S)NC(C)=O. The van der Waals surface area contributed by atoms with E-state index in [0.29, 0.717) is 4.73 Å². The van der Waals surface area contributed by atoms with Crippen molar-refractivity contribution in [2.24, 2.45) is 0 Å². The van der Waals surface area contributed by atoms with Gasteiger partial charge in [-0.05, 0) is 0 Å². The summed E-state index contributed by atoms with van der Waals surface area (Å²) in [5.41, 5.74) is 0. The topological polar surface area (TPSA) is 29.1 Å². The normalized spacial score (nSPS) is 14.2. The standard InChI is InChI=1S/C9H19ClNOPS/c1-5-13(10,6-2,7-3)9(14)11-8(4)12/h5-7H2,1-4H3,(H,11,12,14). The van der Waals surface area contributed by atoms with Crippen molar-refractivity contribution in [1.82, 2.24) is 5.32 Å². The summed E-state index contributed by atoms with van der Waals surface area (Å²) < 4.78 is 0.581. The van der Waals surface area contributed by atoms with Crippen LogP contribution in [0.15, 0.2) is 0 Å². The molecule has 0 rings (SSSR count). The molecule has 1 amide bonds. The van der Waals surface area contributed by atoms with Crippen LogP contribution in [0.1, 0.15) is 27.7 Å². The van der Waals surface area contributed by atoms with Crippen molar-refractivity contribution in [1.29, 1.82) is 0 Å². The van der Waals surface area contributed by atoms with Gasteiger partial charge < -0.3 is 0 Å². The van der Waals surface area contributed by atoms with Crippen molar-refractivity contribution >= 4 is 40.1 Å². The van der Waals surface area contributed by atoms with Crippen LogP contribution in [-0.2, 0) is 4.79 Å². The molecule has 0 atom stereocenters. The molecule has 0 saturated carbocycles. The molecule has 0 aromatic carbocycles. The van der Waals surface area contributed by atoms with Crippen molar-refractivity contribution in [2.75, 3.05) is 18.5 Å². The molecule has 0 aromatic rings. The van der Waals surface area contributed by atoms with E-state index >= 15 is 0 Å². The van der Waals surface area contributed by atoms with E-state index in [1.165, 1.54) is 6.92 Å². The number of nitrogens with one attached hydrogen (secondary N) is 1. The number of rotatable bonds is 4. The van der Waals surface area contributed by atoms with Crippen LogP contribution in [0, 0.1) is 0 Å². The van der Waals surface area contributed by atoms with Crippen molar-refractivity contribution in [3.8, 4) is 0 Å². The summed E-state index contributed by atoms with van der Waals surface area (Å²) in [7, 11) is 0. The average molecular weight is 256 g/mol. The monoisotopic (exact) mass is 255 g/mol. The van der Waals surface area contributed by atoms with E-state index in [-0.39, 0.29) is 5.91 Å². The summed E-state index contributed by atoms with van der Waals surface area (Å²) in [4.78, 5) is 11.0. The molecule has 1 N–H and O–H groups in total. The van der Waals surface area contributed by atoms with Gasteiger partial charge in [0.25, 0.3) is 0 Å². The molecule has 0 spiro atoms. The zero-order valence-electron chi connectivity index (χ0n) is 9.26. The van der Waals surface area contributed by atoms with E-state index in [9.17, 15) is 4.79 Å². The Bertz CT molecular complexity index is 242. The molecular formula is C9H19ClNOPS. The number of carbonyl (C=O) groups is 1. The molecule has 0 saturated heterocycles. The molecule has 0 aliphatic heterocycles. The molecular weight excluding hydrogens is 237 g/mol. The molecule has 84 valence electrons.